The van der Waals surface area contributed by atoms with Crippen LogP contribution in [0.2, 0.25) is 10.0 Å². The maximum Gasteiger partial charge on any atom is 0.341 e. The van der Waals surface area contributed by atoms with E-state index in [-0.39, 0.29) is 22.8 Å². The van der Waals surface area contributed by atoms with Gasteiger partial charge in [0.05, 0.1) is 28.5 Å². The Morgan fingerprint density at radius 1 is 1.23 bits per heavy atom. The lowest BCUT2D eigenvalue weighted by molar-refractivity contribution is 0.0695. The Morgan fingerprint density at radius 2 is 2.00 bits per heavy atom. The zero-order valence-electron chi connectivity index (χ0n) is 13.7. The van der Waals surface area contributed by atoms with Crippen molar-refractivity contribution in [3.05, 3.63) is 68.2 Å². The molecule has 1 aromatic carbocycles. The average Bonchev–Trinajstić information content (AvgIpc) is 3.09. The maximum atomic E-state index is 12.5. The largest absolute Gasteiger partial charge is 0.477 e. The lowest BCUT2D eigenvalue weighted by Gasteiger charge is -2.19. The number of carboxylic acids is 1. The molecule has 0 aliphatic carbocycles. The molecule has 0 fully saturated rings. The molecule has 2 aromatic heterocycles. The van der Waals surface area contributed by atoms with Gasteiger partial charge in [-0.05, 0) is 19.1 Å². The van der Waals surface area contributed by atoms with Gasteiger partial charge in [-0.25, -0.2) is 9.48 Å². The molecule has 0 aliphatic rings. The topological polar surface area (TPSA) is 90.0 Å². The number of benzene rings is 1. The number of halogens is 2. The molecule has 0 unspecified atom stereocenters. The monoisotopic (exact) mass is 392 g/mol. The molecule has 0 amide bonds. The van der Waals surface area contributed by atoms with Crippen LogP contribution < -0.4 is 5.43 Å². The summed E-state index contributed by atoms with van der Waals surface area (Å²) in [5, 5.41) is 17.9. The van der Waals surface area contributed by atoms with Crippen molar-refractivity contribution in [2.45, 2.75) is 20.0 Å². The van der Waals surface area contributed by atoms with Crippen LogP contribution in [0.4, 0.5) is 0 Å². The van der Waals surface area contributed by atoms with E-state index in [0.29, 0.717) is 22.8 Å². The molecule has 0 atom stereocenters. The number of hydrogen-bond acceptors (Lipinski definition) is 4. The highest BCUT2D eigenvalue weighted by Gasteiger charge is 2.22. The fourth-order valence-corrected chi connectivity index (χ4v) is 3.12. The summed E-state index contributed by atoms with van der Waals surface area (Å²) in [6.07, 6.45) is 3.19. The van der Waals surface area contributed by atoms with E-state index >= 15 is 0 Å². The highest BCUT2D eigenvalue weighted by atomic mass is 35.5. The van der Waals surface area contributed by atoms with E-state index in [4.69, 9.17) is 23.2 Å². The summed E-state index contributed by atoms with van der Waals surface area (Å²) in [4.78, 5) is 24.3. The molecule has 0 radical (unpaired) electrons. The van der Waals surface area contributed by atoms with Crippen molar-refractivity contribution in [3.63, 3.8) is 0 Å². The Balaban J connectivity index is 2.31. The second-order valence-electron chi connectivity index (χ2n) is 5.50. The van der Waals surface area contributed by atoms with Crippen LogP contribution in [0, 0.1) is 0 Å². The zero-order chi connectivity index (χ0) is 18.8. The number of carbonyl (C=O) groups is 1. The van der Waals surface area contributed by atoms with Gasteiger partial charge in [0.15, 0.2) is 5.43 Å². The average molecular weight is 393 g/mol. The van der Waals surface area contributed by atoms with Gasteiger partial charge in [0.25, 0.3) is 0 Å². The zero-order valence-corrected chi connectivity index (χ0v) is 15.2. The minimum Gasteiger partial charge on any atom is -0.477 e. The van der Waals surface area contributed by atoms with Crippen molar-refractivity contribution >= 4 is 29.2 Å². The number of aromatic nitrogens is 4. The maximum absolute atomic E-state index is 12.5. The lowest BCUT2D eigenvalue weighted by Crippen LogP contribution is -2.24. The second-order valence-corrected chi connectivity index (χ2v) is 6.32. The van der Waals surface area contributed by atoms with E-state index in [1.54, 1.807) is 33.6 Å². The van der Waals surface area contributed by atoms with Gasteiger partial charge >= 0.3 is 5.97 Å². The highest BCUT2D eigenvalue weighted by molar-refractivity contribution is 6.42. The van der Waals surface area contributed by atoms with Crippen molar-refractivity contribution in [3.8, 4) is 11.3 Å². The van der Waals surface area contributed by atoms with Crippen molar-refractivity contribution in [1.82, 2.24) is 19.6 Å². The Hall–Kier alpha value is -2.64. The van der Waals surface area contributed by atoms with Gasteiger partial charge in [0.1, 0.15) is 5.56 Å². The van der Waals surface area contributed by atoms with E-state index in [9.17, 15) is 14.7 Å². The molecule has 2 heterocycles. The van der Waals surface area contributed by atoms with Gasteiger partial charge in [-0.15, -0.1) is 5.10 Å². The van der Waals surface area contributed by atoms with Crippen LogP contribution >= 0.6 is 23.2 Å². The Morgan fingerprint density at radius 3 is 2.58 bits per heavy atom. The number of carboxylic acid groups (broad SMARTS) is 1. The van der Waals surface area contributed by atoms with Gasteiger partial charge in [0.2, 0.25) is 0 Å². The molecule has 0 spiro atoms. The smallest absolute Gasteiger partial charge is 0.341 e. The summed E-state index contributed by atoms with van der Waals surface area (Å²) in [7, 11) is 0. The second kappa shape index (κ2) is 7.31. The number of hydrogen-bond donors (Lipinski definition) is 1. The highest BCUT2D eigenvalue weighted by Crippen LogP contribution is 2.30. The first-order valence-corrected chi connectivity index (χ1v) is 8.47. The van der Waals surface area contributed by atoms with Gasteiger partial charge in [-0.1, -0.05) is 34.5 Å². The summed E-state index contributed by atoms with van der Waals surface area (Å²) >= 11 is 12.1. The molecule has 3 aromatic rings. The minimum atomic E-state index is -1.30. The summed E-state index contributed by atoms with van der Waals surface area (Å²) in [6.45, 7) is 2.58. The summed E-state index contributed by atoms with van der Waals surface area (Å²) in [6, 6.07) is 6.08. The minimum absolute atomic E-state index is 0.275. The number of nitrogens with zero attached hydrogens (tertiary/aromatic N) is 4. The molecule has 26 heavy (non-hydrogen) atoms. The number of aromatic carboxylic acids is 1. The molecule has 0 saturated heterocycles. The van der Waals surface area contributed by atoms with Crippen LogP contribution in [0.1, 0.15) is 23.0 Å². The predicted octanol–water partition coefficient (Wildman–Crippen LogP) is 3.18. The van der Waals surface area contributed by atoms with E-state index < -0.39 is 11.4 Å². The van der Waals surface area contributed by atoms with Crippen LogP contribution in [-0.4, -0.2) is 30.6 Å². The number of rotatable bonds is 5. The molecular formula is C17H14Cl2N4O3. The van der Waals surface area contributed by atoms with Crippen LogP contribution in [0.15, 0.2) is 41.5 Å². The fraction of sp³-hybridized carbons (Fsp3) is 0.176. The first-order valence-electron chi connectivity index (χ1n) is 7.72. The van der Waals surface area contributed by atoms with Gasteiger partial charge in [-0.2, -0.15) is 0 Å². The molecule has 9 heteroatoms. The first-order chi connectivity index (χ1) is 12.4. The molecule has 0 saturated carbocycles. The fourth-order valence-electron chi connectivity index (χ4n) is 2.82. The van der Waals surface area contributed by atoms with Crippen LogP contribution in [0.5, 0.6) is 0 Å². The standard InChI is InChI=1S/C17H14Cl2N4O3/c1-2-23-11(9-22-6-5-20-21-22)8-14(24)15(17(25)26)16(23)10-3-4-12(18)13(19)7-10/h3-8H,2,9H2,1H3,(H,25,26). The van der Waals surface area contributed by atoms with Crippen LogP contribution in [0.25, 0.3) is 11.3 Å². The third kappa shape index (κ3) is 3.36. The van der Waals surface area contributed by atoms with E-state index in [1.165, 1.54) is 12.3 Å². The predicted molar refractivity (Wildman–Crippen MR) is 97.9 cm³/mol. The van der Waals surface area contributed by atoms with Crippen molar-refractivity contribution in [2.75, 3.05) is 0 Å². The van der Waals surface area contributed by atoms with Crippen molar-refractivity contribution < 1.29 is 9.90 Å². The van der Waals surface area contributed by atoms with Gasteiger partial charge in [0, 0.05) is 30.1 Å². The normalized spacial score (nSPS) is 10.9. The molecule has 134 valence electrons. The number of pyridine rings is 1. The van der Waals surface area contributed by atoms with Crippen molar-refractivity contribution in [2.24, 2.45) is 0 Å². The van der Waals surface area contributed by atoms with E-state index in [2.05, 4.69) is 10.3 Å². The Kier molecular flexibility index (Phi) is 5.11. The SMILES string of the molecule is CCn1c(Cn2ccnn2)cc(=O)c(C(=O)O)c1-c1ccc(Cl)c(Cl)c1. The molecule has 3 rings (SSSR count). The van der Waals surface area contributed by atoms with Gasteiger partial charge in [-0.3, -0.25) is 4.79 Å². The Bertz CT molecular complexity index is 1030. The molecular weight excluding hydrogens is 379 g/mol. The summed E-state index contributed by atoms with van der Waals surface area (Å²) in [5.74, 6) is -1.30. The first kappa shape index (κ1) is 18.2. The molecule has 0 aliphatic heterocycles. The van der Waals surface area contributed by atoms with Crippen LogP contribution in [-0.2, 0) is 13.1 Å². The third-order valence-corrected chi connectivity index (χ3v) is 4.66. The summed E-state index contributed by atoms with van der Waals surface area (Å²) < 4.78 is 3.31. The quantitative estimate of drug-likeness (QED) is 0.719. The third-order valence-electron chi connectivity index (χ3n) is 3.92. The molecule has 0 bridgehead atoms. The molecule has 7 nitrogen and oxygen atoms in total. The van der Waals surface area contributed by atoms with Crippen molar-refractivity contribution in [1.29, 1.82) is 0 Å². The van der Waals surface area contributed by atoms with Gasteiger partial charge < -0.3 is 9.67 Å². The summed E-state index contributed by atoms with van der Waals surface area (Å²) in [5.41, 5.74) is 0.484. The van der Waals surface area contributed by atoms with E-state index in [1.807, 2.05) is 6.92 Å². The lowest BCUT2D eigenvalue weighted by atomic mass is 10.0. The Labute approximate surface area is 158 Å². The van der Waals surface area contributed by atoms with E-state index in [0.717, 1.165) is 0 Å². The van der Waals surface area contributed by atoms with Crippen LogP contribution in [0.3, 0.4) is 0 Å². The molecule has 1 N–H and O–H groups in total.